The molecule has 2 rings (SSSR count). The second-order valence-corrected chi connectivity index (χ2v) is 4.96. The molecule has 0 aliphatic heterocycles. The summed E-state index contributed by atoms with van der Waals surface area (Å²) in [6.07, 6.45) is -0.981. The lowest BCUT2D eigenvalue weighted by atomic mass is 10.1. The van der Waals surface area contributed by atoms with Crippen LogP contribution >= 0.6 is 0 Å². The molecule has 2 aromatic rings. The van der Waals surface area contributed by atoms with Gasteiger partial charge in [0.05, 0.1) is 24.3 Å². The van der Waals surface area contributed by atoms with Gasteiger partial charge < -0.3 is 14.8 Å². The van der Waals surface area contributed by atoms with Gasteiger partial charge in [-0.2, -0.15) is 5.26 Å². The number of rotatable bonds is 5. The van der Waals surface area contributed by atoms with Crippen LogP contribution in [0.3, 0.4) is 0 Å². The van der Waals surface area contributed by atoms with Crippen LogP contribution in [0.25, 0.3) is 0 Å². The lowest BCUT2D eigenvalue weighted by Gasteiger charge is -2.14. The van der Waals surface area contributed by atoms with Gasteiger partial charge in [-0.25, -0.2) is 4.79 Å². The number of hydrogen-bond donors (Lipinski definition) is 1. The van der Waals surface area contributed by atoms with Crippen molar-refractivity contribution in [3.05, 3.63) is 59.7 Å². The van der Waals surface area contributed by atoms with Crippen molar-refractivity contribution in [3.63, 3.8) is 0 Å². The van der Waals surface area contributed by atoms with E-state index in [0.29, 0.717) is 17.0 Å². The first-order valence-corrected chi connectivity index (χ1v) is 7.19. The van der Waals surface area contributed by atoms with Gasteiger partial charge in [0.2, 0.25) is 0 Å². The van der Waals surface area contributed by atoms with E-state index in [1.165, 1.54) is 19.1 Å². The highest BCUT2D eigenvalue weighted by molar-refractivity contribution is 5.97. The molecule has 1 amide bonds. The van der Waals surface area contributed by atoms with E-state index in [-0.39, 0.29) is 5.56 Å². The zero-order valence-corrected chi connectivity index (χ0v) is 13.3. The minimum atomic E-state index is -0.981. The summed E-state index contributed by atoms with van der Waals surface area (Å²) in [5.41, 5.74) is 1.13. The van der Waals surface area contributed by atoms with Crippen molar-refractivity contribution in [2.24, 2.45) is 0 Å². The molecule has 6 heteroatoms. The Morgan fingerprint density at radius 3 is 2.50 bits per heavy atom. The average Bonchev–Trinajstić information content (AvgIpc) is 2.62. The van der Waals surface area contributed by atoms with E-state index < -0.39 is 18.0 Å². The van der Waals surface area contributed by atoms with E-state index >= 15 is 0 Å². The first kappa shape index (κ1) is 17.0. The molecule has 0 bridgehead atoms. The predicted molar refractivity (Wildman–Crippen MR) is 87.7 cm³/mol. The van der Waals surface area contributed by atoms with Gasteiger partial charge in [-0.15, -0.1) is 0 Å². The largest absolute Gasteiger partial charge is 0.497 e. The van der Waals surface area contributed by atoms with Crippen LogP contribution in [-0.4, -0.2) is 25.1 Å². The number of carbonyl (C=O) groups is 2. The van der Waals surface area contributed by atoms with Crippen molar-refractivity contribution in [1.82, 2.24) is 0 Å². The van der Waals surface area contributed by atoms with Crippen molar-refractivity contribution in [1.29, 1.82) is 5.26 Å². The van der Waals surface area contributed by atoms with Crippen molar-refractivity contribution < 1.29 is 19.1 Å². The van der Waals surface area contributed by atoms with Crippen LogP contribution in [0.2, 0.25) is 0 Å². The number of amides is 1. The highest BCUT2D eigenvalue weighted by atomic mass is 16.5. The lowest BCUT2D eigenvalue weighted by Crippen LogP contribution is -2.30. The Kier molecular flexibility index (Phi) is 5.53. The van der Waals surface area contributed by atoms with Crippen LogP contribution in [0.15, 0.2) is 48.5 Å². The highest BCUT2D eigenvalue weighted by Gasteiger charge is 2.19. The van der Waals surface area contributed by atoms with Crippen molar-refractivity contribution >= 4 is 17.6 Å². The van der Waals surface area contributed by atoms with Crippen molar-refractivity contribution in [2.75, 3.05) is 12.4 Å². The van der Waals surface area contributed by atoms with E-state index in [2.05, 4.69) is 5.32 Å². The standard InChI is InChI=1S/C18H16N2O4/c1-12(17(21)20-15-6-8-16(23-2)9-7-15)24-18(22)14-5-3-4-13(10-14)11-19/h3-10,12H,1-2H3,(H,20,21). The Balaban J connectivity index is 1.97. The van der Waals surface area contributed by atoms with Gasteiger partial charge in [-0.1, -0.05) is 6.07 Å². The fraction of sp³-hybridized carbons (Fsp3) is 0.167. The summed E-state index contributed by atoms with van der Waals surface area (Å²) in [6.45, 7) is 1.48. The maximum atomic E-state index is 12.1. The molecule has 0 aliphatic carbocycles. The van der Waals surface area contributed by atoms with Crippen LogP contribution in [0, 0.1) is 11.3 Å². The number of nitriles is 1. The predicted octanol–water partition coefficient (Wildman–Crippen LogP) is 2.75. The molecule has 0 fully saturated rings. The first-order valence-electron chi connectivity index (χ1n) is 7.19. The number of anilines is 1. The second kappa shape index (κ2) is 7.79. The number of hydrogen-bond acceptors (Lipinski definition) is 5. The summed E-state index contributed by atoms with van der Waals surface area (Å²) in [5.74, 6) is -0.445. The van der Waals surface area contributed by atoms with Crippen LogP contribution in [-0.2, 0) is 9.53 Å². The third-order valence-corrected chi connectivity index (χ3v) is 3.24. The van der Waals surface area contributed by atoms with E-state index in [0.717, 1.165) is 0 Å². The number of methoxy groups -OCH3 is 1. The molecule has 6 nitrogen and oxygen atoms in total. The maximum Gasteiger partial charge on any atom is 0.338 e. The summed E-state index contributed by atoms with van der Waals surface area (Å²) < 4.78 is 10.2. The van der Waals surface area contributed by atoms with Gasteiger partial charge in [-0.05, 0) is 49.4 Å². The Hall–Kier alpha value is -3.33. The van der Waals surface area contributed by atoms with Crippen LogP contribution in [0.1, 0.15) is 22.8 Å². The van der Waals surface area contributed by atoms with Gasteiger partial charge >= 0.3 is 5.97 Å². The smallest absolute Gasteiger partial charge is 0.338 e. The number of nitrogens with one attached hydrogen (secondary N) is 1. The molecule has 0 spiro atoms. The quantitative estimate of drug-likeness (QED) is 0.854. The molecule has 0 heterocycles. The zero-order chi connectivity index (χ0) is 17.5. The maximum absolute atomic E-state index is 12.1. The second-order valence-electron chi connectivity index (χ2n) is 4.96. The monoisotopic (exact) mass is 324 g/mol. The fourth-order valence-corrected chi connectivity index (χ4v) is 1.92. The molecule has 24 heavy (non-hydrogen) atoms. The van der Waals surface area contributed by atoms with Crippen LogP contribution in [0.4, 0.5) is 5.69 Å². The molecule has 0 aromatic heterocycles. The average molecular weight is 324 g/mol. The molecule has 2 aromatic carbocycles. The molecule has 1 unspecified atom stereocenters. The topological polar surface area (TPSA) is 88.4 Å². The molecule has 1 atom stereocenters. The third-order valence-electron chi connectivity index (χ3n) is 3.24. The number of ether oxygens (including phenoxy) is 2. The normalized spacial score (nSPS) is 11.0. The molecule has 0 radical (unpaired) electrons. The molecular formula is C18H16N2O4. The SMILES string of the molecule is COc1ccc(NC(=O)C(C)OC(=O)c2cccc(C#N)c2)cc1. The van der Waals surface area contributed by atoms with E-state index in [9.17, 15) is 9.59 Å². The fourth-order valence-electron chi connectivity index (χ4n) is 1.92. The summed E-state index contributed by atoms with van der Waals surface area (Å²) in [7, 11) is 1.55. The van der Waals surface area contributed by atoms with E-state index in [4.69, 9.17) is 14.7 Å². The minimum absolute atomic E-state index is 0.221. The van der Waals surface area contributed by atoms with Gasteiger partial charge in [0.1, 0.15) is 5.75 Å². The molecule has 122 valence electrons. The van der Waals surface area contributed by atoms with Crippen LogP contribution < -0.4 is 10.1 Å². The van der Waals surface area contributed by atoms with Gasteiger partial charge in [0, 0.05) is 5.69 Å². The highest BCUT2D eigenvalue weighted by Crippen LogP contribution is 2.15. The molecular weight excluding hydrogens is 308 g/mol. The molecule has 0 saturated carbocycles. The van der Waals surface area contributed by atoms with Crippen LogP contribution in [0.5, 0.6) is 5.75 Å². The Morgan fingerprint density at radius 1 is 1.17 bits per heavy atom. The van der Waals surface area contributed by atoms with Crippen molar-refractivity contribution in [3.8, 4) is 11.8 Å². The Morgan fingerprint density at radius 2 is 1.88 bits per heavy atom. The van der Waals surface area contributed by atoms with Gasteiger partial charge in [-0.3, -0.25) is 4.79 Å². The lowest BCUT2D eigenvalue weighted by molar-refractivity contribution is -0.123. The van der Waals surface area contributed by atoms with Gasteiger partial charge in [0.15, 0.2) is 6.10 Å². The molecule has 1 N–H and O–H groups in total. The number of carbonyl (C=O) groups excluding carboxylic acids is 2. The van der Waals surface area contributed by atoms with Crippen molar-refractivity contribution in [2.45, 2.75) is 13.0 Å². The summed E-state index contributed by atoms with van der Waals surface area (Å²) in [6, 6.07) is 14.8. The number of esters is 1. The summed E-state index contributed by atoms with van der Waals surface area (Å²) in [4.78, 5) is 24.1. The number of nitrogens with zero attached hydrogens (tertiary/aromatic N) is 1. The number of benzene rings is 2. The summed E-state index contributed by atoms with van der Waals surface area (Å²) >= 11 is 0. The molecule has 0 saturated heterocycles. The van der Waals surface area contributed by atoms with Gasteiger partial charge in [0.25, 0.3) is 5.91 Å². The Bertz CT molecular complexity index is 778. The van der Waals surface area contributed by atoms with E-state index in [1.54, 1.807) is 43.5 Å². The molecule has 0 aliphatic rings. The summed E-state index contributed by atoms with van der Waals surface area (Å²) in [5, 5.41) is 11.5. The first-order chi connectivity index (χ1) is 11.5. The third kappa shape index (κ3) is 4.34. The van der Waals surface area contributed by atoms with E-state index in [1.807, 2.05) is 6.07 Å². The minimum Gasteiger partial charge on any atom is -0.497 e. The Labute approximate surface area is 139 Å². The zero-order valence-electron chi connectivity index (χ0n) is 13.3.